The van der Waals surface area contributed by atoms with Crippen LogP contribution in [0, 0.1) is 5.82 Å². The zero-order valence-electron chi connectivity index (χ0n) is 8.42. The van der Waals surface area contributed by atoms with Crippen LogP contribution in [0.2, 0.25) is 0 Å². The molecule has 0 aliphatic heterocycles. The summed E-state index contributed by atoms with van der Waals surface area (Å²) >= 11 is 2.55. The van der Waals surface area contributed by atoms with Crippen LogP contribution in [0.4, 0.5) is 4.39 Å². The van der Waals surface area contributed by atoms with E-state index in [9.17, 15) is 9.50 Å². The number of aliphatic hydroxyl groups is 1. The molecule has 1 aromatic heterocycles. The van der Waals surface area contributed by atoms with Crippen molar-refractivity contribution < 1.29 is 9.50 Å². The molecule has 0 saturated carbocycles. The number of halogens is 1. The molecule has 84 valence electrons. The number of aromatic nitrogens is 2. The molecule has 0 bridgehead atoms. The summed E-state index contributed by atoms with van der Waals surface area (Å²) in [6, 6.07) is 4.72. The molecule has 0 radical (unpaired) electrons. The largest absolute Gasteiger partial charge is 0.389 e. The van der Waals surface area contributed by atoms with Crippen molar-refractivity contribution in [1.29, 1.82) is 0 Å². The van der Waals surface area contributed by atoms with Crippen LogP contribution in [0.25, 0.3) is 0 Å². The van der Waals surface area contributed by atoms with Gasteiger partial charge < -0.3 is 5.11 Å². The Morgan fingerprint density at radius 2 is 2.31 bits per heavy atom. The van der Waals surface area contributed by atoms with Crippen molar-refractivity contribution in [3.8, 4) is 0 Å². The fourth-order valence-corrected chi connectivity index (χ4v) is 2.95. The van der Waals surface area contributed by atoms with Crippen molar-refractivity contribution in [3.05, 3.63) is 35.9 Å². The lowest BCUT2D eigenvalue weighted by Crippen LogP contribution is -1.98. The third-order valence-electron chi connectivity index (χ3n) is 1.97. The normalized spacial score (nSPS) is 12.7. The van der Waals surface area contributed by atoms with Crippen molar-refractivity contribution >= 4 is 23.3 Å². The minimum Gasteiger partial charge on any atom is -0.389 e. The van der Waals surface area contributed by atoms with Gasteiger partial charge in [-0.15, -0.1) is 0 Å². The Morgan fingerprint density at radius 1 is 1.50 bits per heavy atom. The lowest BCUT2D eigenvalue weighted by molar-refractivity contribution is 0.191. The van der Waals surface area contributed by atoms with Gasteiger partial charge in [0.05, 0.1) is 6.10 Å². The van der Waals surface area contributed by atoms with Crippen LogP contribution in [-0.2, 0) is 0 Å². The molecule has 2 aromatic rings. The van der Waals surface area contributed by atoms with Crippen LogP contribution >= 0.6 is 23.3 Å². The highest BCUT2D eigenvalue weighted by Crippen LogP contribution is 2.34. The van der Waals surface area contributed by atoms with Crippen LogP contribution in [0.3, 0.4) is 0 Å². The highest BCUT2D eigenvalue weighted by Gasteiger charge is 2.15. The Balaban J connectivity index is 2.37. The monoisotopic (exact) mass is 256 g/mol. The van der Waals surface area contributed by atoms with Gasteiger partial charge in [0.1, 0.15) is 12.1 Å². The SMILES string of the molecule is C[C@@H](O)c1c(F)cccc1Sc1ncns1. The van der Waals surface area contributed by atoms with Crippen molar-refractivity contribution in [2.24, 2.45) is 0 Å². The summed E-state index contributed by atoms with van der Waals surface area (Å²) in [5.41, 5.74) is 0.308. The maximum absolute atomic E-state index is 13.5. The summed E-state index contributed by atoms with van der Waals surface area (Å²) in [7, 11) is 0. The smallest absolute Gasteiger partial charge is 0.174 e. The number of aliphatic hydroxyl groups excluding tert-OH is 1. The van der Waals surface area contributed by atoms with Crippen LogP contribution in [0.1, 0.15) is 18.6 Å². The molecule has 16 heavy (non-hydrogen) atoms. The Bertz CT molecular complexity index is 474. The first kappa shape index (κ1) is 11.5. The van der Waals surface area contributed by atoms with Gasteiger partial charge in [-0.2, -0.15) is 4.37 Å². The van der Waals surface area contributed by atoms with Gasteiger partial charge in [-0.05, 0) is 30.6 Å². The fourth-order valence-electron chi connectivity index (χ4n) is 1.31. The van der Waals surface area contributed by atoms with E-state index in [4.69, 9.17) is 0 Å². The highest BCUT2D eigenvalue weighted by molar-refractivity contribution is 8.01. The number of nitrogens with zero attached hydrogens (tertiary/aromatic N) is 2. The van der Waals surface area contributed by atoms with Gasteiger partial charge in [-0.1, -0.05) is 17.8 Å². The first-order valence-electron chi connectivity index (χ1n) is 4.59. The molecule has 0 aliphatic carbocycles. The third kappa shape index (κ3) is 2.40. The molecule has 1 aromatic carbocycles. The van der Waals surface area contributed by atoms with Crippen molar-refractivity contribution in [2.75, 3.05) is 0 Å². The van der Waals surface area contributed by atoms with E-state index in [-0.39, 0.29) is 0 Å². The van der Waals surface area contributed by atoms with E-state index in [0.29, 0.717) is 10.5 Å². The van der Waals surface area contributed by atoms with E-state index in [1.165, 1.54) is 35.7 Å². The molecule has 0 saturated heterocycles. The maximum Gasteiger partial charge on any atom is 0.174 e. The van der Waals surface area contributed by atoms with Gasteiger partial charge in [0.2, 0.25) is 0 Å². The van der Waals surface area contributed by atoms with Crippen LogP contribution in [0.15, 0.2) is 33.8 Å². The second-order valence-corrected chi connectivity index (χ2v) is 5.21. The van der Waals surface area contributed by atoms with E-state index in [1.54, 1.807) is 19.1 Å². The van der Waals surface area contributed by atoms with Crippen molar-refractivity contribution in [1.82, 2.24) is 9.36 Å². The lowest BCUT2D eigenvalue weighted by Gasteiger charge is -2.10. The molecule has 2 rings (SSSR count). The Morgan fingerprint density at radius 3 is 2.94 bits per heavy atom. The predicted octanol–water partition coefficient (Wildman–Crippen LogP) is 2.88. The molecule has 0 fully saturated rings. The zero-order chi connectivity index (χ0) is 11.5. The molecule has 0 aliphatic rings. The predicted molar refractivity (Wildman–Crippen MR) is 61.1 cm³/mol. The first-order chi connectivity index (χ1) is 7.68. The minimum atomic E-state index is -0.836. The summed E-state index contributed by atoms with van der Waals surface area (Å²) in [5, 5.41) is 9.53. The van der Waals surface area contributed by atoms with E-state index in [2.05, 4.69) is 9.36 Å². The molecule has 1 heterocycles. The molecule has 0 spiro atoms. The number of rotatable bonds is 3. The fraction of sp³-hybridized carbons (Fsp3) is 0.200. The van der Waals surface area contributed by atoms with E-state index < -0.39 is 11.9 Å². The van der Waals surface area contributed by atoms with Crippen molar-refractivity contribution in [2.45, 2.75) is 22.3 Å². The van der Waals surface area contributed by atoms with Gasteiger partial charge in [0.25, 0.3) is 0 Å². The average molecular weight is 256 g/mol. The van der Waals surface area contributed by atoms with Crippen molar-refractivity contribution in [3.63, 3.8) is 0 Å². The van der Waals surface area contributed by atoms with E-state index in [0.717, 1.165) is 4.34 Å². The van der Waals surface area contributed by atoms with E-state index >= 15 is 0 Å². The van der Waals surface area contributed by atoms with Gasteiger partial charge in [0.15, 0.2) is 4.34 Å². The summed E-state index contributed by atoms with van der Waals surface area (Å²) in [6.45, 7) is 1.54. The topological polar surface area (TPSA) is 46.0 Å². The Kier molecular flexibility index (Phi) is 3.52. The van der Waals surface area contributed by atoms with Gasteiger partial charge in [-0.25, -0.2) is 9.37 Å². The number of hydrogen-bond donors (Lipinski definition) is 1. The summed E-state index contributed by atoms with van der Waals surface area (Å²) in [5.74, 6) is -0.399. The molecule has 0 unspecified atom stereocenters. The first-order valence-corrected chi connectivity index (χ1v) is 6.18. The average Bonchev–Trinajstić information content (AvgIpc) is 2.70. The Labute approximate surface area is 101 Å². The lowest BCUT2D eigenvalue weighted by atomic mass is 10.1. The third-order valence-corrected chi connectivity index (χ3v) is 3.76. The summed E-state index contributed by atoms with van der Waals surface area (Å²) < 4.78 is 18.1. The molecule has 6 heteroatoms. The second-order valence-electron chi connectivity index (χ2n) is 3.14. The number of hydrogen-bond acceptors (Lipinski definition) is 5. The molecule has 0 amide bonds. The Hall–Kier alpha value is -0.980. The summed E-state index contributed by atoms with van der Waals surface area (Å²) in [4.78, 5) is 4.68. The zero-order valence-corrected chi connectivity index (χ0v) is 10.1. The van der Waals surface area contributed by atoms with E-state index in [1.807, 2.05) is 0 Å². The van der Waals surface area contributed by atoms with Gasteiger partial charge >= 0.3 is 0 Å². The molecular weight excluding hydrogens is 247 g/mol. The molecule has 1 N–H and O–H groups in total. The molecule has 3 nitrogen and oxygen atoms in total. The van der Waals surface area contributed by atoms with Crippen LogP contribution < -0.4 is 0 Å². The van der Waals surface area contributed by atoms with Gasteiger partial charge in [0, 0.05) is 10.5 Å². The van der Waals surface area contributed by atoms with Crippen LogP contribution in [-0.4, -0.2) is 14.5 Å². The standard InChI is InChI=1S/C10H9FN2OS2/c1-6(14)9-7(11)3-2-4-8(9)15-10-12-5-13-16-10/h2-6,14H,1H3/t6-/m1/s1. The molecular formula is C10H9FN2OS2. The van der Waals surface area contributed by atoms with Gasteiger partial charge in [-0.3, -0.25) is 0 Å². The second kappa shape index (κ2) is 4.90. The highest BCUT2D eigenvalue weighted by atomic mass is 32.2. The van der Waals surface area contributed by atoms with Crippen LogP contribution in [0.5, 0.6) is 0 Å². The number of benzene rings is 1. The molecule has 1 atom stereocenters. The quantitative estimate of drug-likeness (QED) is 0.917. The maximum atomic E-state index is 13.5. The minimum absolute atomic E-state index is 0.308. The summed E-state index contributed by atoms with van der Waals surface area (Å²) in [6.07, 6.45) is 0.616.